The quantitative estimate of drug-likeness (QED) is 0.681. The van der Waals surface area contributed by atoms with Crippen molar-refractivity contribution in [3.8, 4) is 0 Å². The second kappa shape index (κ2) is 8.04. The summed E-state index contributed by atoms with van der Waals surface area (Å²) in [4.78, 5) is 33.8. The van der Waals surface area contributed by atoms with E-state index in [0.717, 1.165) is 28.1 Å². The molecule has 31 heavy (non-hydrogen) atoms. The van der Waals surface area contributed by atoms with Crippen molar-refractivity contribution in [2.45, 2.75) is 19.5 Å². The highest BCUT2D eigenvalue weighted by molar-refractivity contribution is 6.31. The van der Waals surface area contributed by atoms with E-state index in [9.17, 15) is 9.59 Å². The second-order valence-corrected chi connectivity index (χ2v) is 8.17. The molecular formula is C24H21ClN4O2. The summed E-state index contributed by atoms with van der Waals surface area (Å²) in [6, 6.07) is 17.4. The van der Waals surface area contributed by atoms with E-state index in [0.29, 0.717) is 36.7 Å². The third kappa shape index (κ3) is 3.75. The van der Waals surface area contributed by atoms with Gasteiger partial charge in [0.1, 0.15) is 0 Å². The number of hydrogen-bond acceptors (Lipinski definition) is 4. The number of rotatable bonds is 3. The van der Waals surface area contributed by atoms with Crippen molar-refractivity contribution in [2.75, 3.05) is 23.3 Å². The first-order valence-electron chi connectivity index (χ1n) is 10.2. The molecule has 0 atom stereocenters. The normalized spacial score (nSPS) is 15.2. The van der Waals surface area contributed by atoms with Gasteiger partial charge in [-0.2, -0.15) is 0 Å². The topological polar surface area (TPSA) is 65.5 Å². The molecule has 0 unspecified atom stereocenters. The number of pyridine rings is 1. The van der Waals surface area contributed by atoms with Crippen LogP contribution >= 0.6 is 11.6 Å². The summed E-state index contributed by atoms with van der Waals surface area (Å²) in [5.74, 6) is 0.464. The summed E-state index contributed by atoms with van der Waals surface area (Å²) >= 11 is 6.30. The molecule has 156 valence electrons. The molecule has 2 aliphatic heterocycles. The lowest BCUT2D eigenvalue weighted by Crippen LogP contribution is -2.40. The zero-order valence-corrected chi connectivity index (χ0v) is 17.6. The van der Waals surface area contributed by atoms with Gasteiger partial charge < -0.3 is 15.1 Å². The fraction of sp³-hybridized carbons (Fsp3) is 0.208. The van der Waals surface area contributed by atoms with Gasteiger partial charge in [-0.15, -0.1) is 0 Å². The van der Waals surface area contributed by atoms with Crippen LogP contribution in [0.25, 0.3) is 0 Å². The van der Waals surface area contributed by atoms with Gasteiger partial charge in [-0.05, 0) is 35.2 Å². The number of nitrogens with one attached hydrogen (secondary N) is 1. The van der Waals surface area contributed by atoms with Gasteiger partial charge in [0.25, 0.3) is 5.91 Å². The van der Waals surface area contributed by atoms with E-state index in [1.807, 2.05) is 53.4 Å². The van der Waals surface area contributed by atoms with E-state index in [1.165, 1.54) is 0 Å². The molecular weight excluding hydrogens is 412 g/mol. The van der Waals surface area contributed by atoms with Crippen LogP contribution in [0.3, 0.4) is 0 Å². The zero-order chi connectivity index (χ0) is 21.4. The summed E-state index contributed by atoms with van der Waals surface area (Å²) in [7, 11) is 0. The van der Waals surface area contributed by atoms with Crippen molar-refractivity contribution in [2.24, 2.45) is 0 Å². The number of fused-ring (bicyclic) bond motifs is 2. The Labute approximate surface area is 185 Å². The fourth-order valence-corrected chi connectivity index (χ4v) is 4.45. The molecule has 3 aromatic rings. The van der Waals surface area contributed by atoms with E-state index in [2.05, 4.69) is 10.3 Å². The first-order chi connectivity index (χ1) is 15.1. The highest BCUT2D eigenvalue weighted by Crippen LogP contribution is 2.31. The number of carbonyl (C=O) groups excluding carboxylic acids is 2. The smallest absolute Gasteiger partial charge is 0.255 e. The fourth-order valence-electron chi connectivity index (χ4n) is 4.16. The molecule has 5 rings (SSSR count). The lowest BCUT2D eigenvalue weighted by atomic mass is 9.99. The van der Waals surface area contributed by atoms with Crippen molar-refractivity contribution < 1.29 is 9.59 Å². The summed E-state index contributed by atoms with van der Waals surface area (Å²) in [5.41, 5.74) is 4.30. The van der Waals surface area contributed by atoms with Crippen LogP contribution < -0.4 is 10.2 Å². The monoisotopic (exact) mass is 432 g/mol. The van der Waals surface area contributed by atoms with Crippen LogP contribution in [-0.4, -0.2) is 34.8 Å². The van der Waals surface area contributed by atoms with E-state index in [4.69, 9.17) is 11.6 Å². The van der Waals surface area contributed by atoms with Crippen LogP contribution in [0.2, 0.25) is 5.02 Å². The van der Waals surface area contributed by atoms with Gasteiger partial charge in [0.2, 0.25) is 5.91 Å². The first kappa shape index (κ1) is 19.6. The van der Waals surface area contributed by atoms with Crippen molar-refractivity contribution in [3.05, 3.63) is 88.1 Å². The number of benzene rings is 2. The van der Waals surface area contributed by atoms with E-state index in [1.54, 1.807) is 17.2 Å². The lowest BCUT2D eigenvalue weighted by Gasteiger charge is -2.31. The number of anilines is 2. The Hall–Kier alpha value is -3.38. The third-order valence-corrected chi connectivity index (χ3v) is 6.15. The van der Waals surface area contributed by atoms with Crippen molar-refractivity contribution in [3.63, 3.8) is 0 Å². The SMILES string of the molecule is O=C(c1cnc2c(c1)N(Cc1ccccc1)C(=O)CN2)N1CCc2c(Cl)cccc2C1. The van der Waals surface area contributed by atoms with Crippen LogP contribution in [-0.2, 0) is 24.3 Å². The van der Waals surface area contributed by atoms with E-state index in [-0.39, 0.29) is 18.4 Å². The average molecular weight is 433 g/mol. The zero-order valence-electron chi connectivity index (χ0n) is 16.8. The number of amides is 2. The molecule has 1 N–H and O–H groups in total. The van der Waals surface area contributed by atoms with Crippen molar-refractivity contribution >= 4 is 34.9 Å². The Kier molecular flexibility index (Phi) is 5.08. The minimum atomic E-state index is -0.0985. The van der Waals surface area contributed by atoms with Crippen LogP contribution in [0.15, 0.2) is 60.8 Å². The molecule has 2 aliphatic rings. The van der Waals surface area contributed by atoms with E-state index < -0.39 is 0 Å². The largest absolute Gasteiger partial charge is 0.359 e. The summed E-state index contributed by atoms with van der Waals surface area (Å²) in [6.07, 6.45) is 2.30. The van der Waals surface area contributed by atoms with Gasteiger partial charge in [0.15, 0.2) is 5.82 Å². The number of halogens is 1. The third-order valence-electron chi connectivity index (χ3n) is 5.79. The molecule has 2 amide bonds. The van der Waals surface area contributed by atoms with Crippen LogP contribution in [0.4, 0.5) is 11.5 Å². The van der Waals surface area contributed by atoms with Crippen LogP contribution in [0.5, 0.6) is 0 Å². The molecule has 0 saturated carbocycles. The van der Waals surface area contributed by atoms with Gasteiger partial charge in [-0.1, -0.05) is 54.1 Å². The minimum Gasteiger partial charge on any atom is -0.359 e. The number of nitrogens with zero attached hydrogens (tertiary/aromatic N) is 3. The highest BCUT2D eigenvalue weighted by atomic mass is 35.5. The van der Waals surface area contributed by atoms with E-state index >= 15 is 0 Å². The van der Waals surface area contributed by atoms with Crippen molar-refractivity contribution in [1.82, 2.24) is 9.88 Å². The molecule has 0 saturated heterocycles. The average Bonchev–Trinajstić information content (AvgIpc) is 2.81. The van der Waals surface area contributed by atoms with Gasteiger partial charge in [-0.25, -0.2) is 4.98 Å². The van der Waals surface area contributed by atoms with Gasteiger partial charge in [0, 0.05) is 24.3 Å². The van der Waals surface area contributed by atoms with Gasteiger partial charge in [0.05, 0.1) is 24.3 Å². The molecule has 7 heteroatoms. The molecule has 0 fully saturated rings. The predicted molar refractivity (Wildman–Crippen MR) is 120 cm³/mol. The Bertz CT molecular complexity index is 1170. The first-order valence-corrected chi connectivity index (χ1v) is 10.6. The second-order valence-electron chi connectivity index (χ2n) is 7.76. The van der Waals surface area contributed by atoms with Gasteiger partial charge in [-0.3, -0.25) is 9.59 Å². The Morgan fingerprint density at radius 2 is 1.97 bits per heavy atom. The van der Waals surface area contributed by atoms with Crippen LogP contribution in [0, 0.1) is 0 Å². The van der Waals surface area contributed by atoms with Crippen molar-refractivity contribution in [1.29, 1.82) is 0 Å². The maximum atomic E-state index is 13.3. The lowest BCUT2D eigenvalue weighted by molar-refractivity contribution is -0.117. The maximum Gasteiger partial charge on any atom is 0.255 e. The predicted octanol–water partition coefficient (Wildman–Crippen LogP) is 3.89. The molecule has 0 radical (unpaired) electrons. The Balaban J connectivity index is 1.42. The summed E-state index contributed by atoms with van der Waals surface area (Å²) in [5, 5.41) is 3.80. The molecule has 0 aliphatic carbocycles. The maximum absolute atomic E-state index is 13.3. The highest BCUT2D eigenvalue weighted by Gasteiger charge is 2.28. The number of carbonyl (C=O) groups is 2. The Morgan fingerprint density at radius 3 is 2.81 bits per heavy atom. The molecule has 2 aromatic carbocycles. The Morgan fingerprint density at radius 1 is 1.13 bits per heavy atom. The standard InChI is InChI=1S/C24H21ClN4O2/c25-20-8-4-7-17-15-28(10-9-19(17)20)24(31)18-11-21-23(26-12-18)27-13-22(30)29(21)14-16-5-2-1-3-6-16/h1-8,11-12H,9-10,13-15H2,(H,26,27). The molecule has 1 aromatic heterocycles. The summed E-state index contributed by atoms with van der Waals surface area (Å²) in [6.45, 7) is 1.72. The molecule has 0 spiro atoms. The molecule has 3 heterocycles. The van der Waals surface area contributed by atoms with Gasteiger partial charge >= 0.3 is 0 Å². The molecule has 6 nitrogen and oxygen atoms in total. The molecule has 0 bridgehead atoms. The minimum absolute atomic E-state index is 0.0516. The van der Waals surface area contributed by atoms with Crippen LogP contribution in [0.1, 0.15) is 27.0 Å². The summed E-state index contributed by atoms with van der Waals surface area (Å²) < 4.78 is 0. The number of aromatic nitrogens is 1. The number of hydrogen-bond donors (Lipinski definition) is 1.